The van der Waals surface area contributed by atoms with Gasteiger partial charge in [0.05, 0.1) is 18.7 Å². The Morgan fingerprint density at radius 3 is 2.67 bits per heavy atom. The molecular weight excluding hydrogens is 422 g/mol. The standard InChI is InChI=1S/C21H20ClN5O2S/c1-11-12(2)30-21-18(11)19(14-4-6-15(22)7-5-14)24-16(10-17(29)23-8-9-28)20-26-25-13(3)27(20)21/h4-7,9,16H,8,10H2,1-3H3,(H,23,29)/t16-/m0/s1. The summed E-state index contributed by atoms with van der Waals surface area (Å²) >= 11 is 7.76. The third-order valence-electron chi connectivity index (χ3n) is 5.12. The summed E-state index contributed by atoms with van der Waals surface area (Å²) in [6.45, 7) is 6.02. The molecule has 0 unspecified atom stereocenters. The predicted molar refractivity (Wildman–Crippen MR) is 117 cm³/mol. The van der Waals surface area contributed by atoms with Crippen LogP contribution in [0.25, 0.3) is 5.00 Å². The second-order valence-electron chi connectivity index (χ2n) is 7.08. The Hall–Kier alpha value is -2.84. The lowest BCUT2D eigenvalue weighted by Crippen LogP contribution is -2.27. The van der Waals surface area contributed by atoms with Crippen LogP contribution in [0.1, 0.15) is 45.7 Å². The van der Waals surface area contributed by atoms with Crippen molar-refractivity contribution in [2.75, 3.05) is 6.54 Å². The number of fused-ring (bicyclic) bond motifs is 3. The van der Waals surface area contributed by atoms with Crippen LogP contribution in [-0.4, -0.2) is 39.2 Å². The van der Waals surface area contributed by atoms with Gasteiger partial charge in [0, 0.05) is 21.0 Å². The van der Waals surface area contributed by atoms with Gasteiger partial charge in [-0.2, -0.15) is 0 Å². The summed E-state index contributed by atoms with van der Waals surface area (Å²) in [4.78, 5) is 29.2. The number of thiophene rings is 1. The van der Waals surface area contributed by atoms with Gasteiger partial charge in [-0.25, -0.2) is 0 Å². The van der Waals surface area contributed by atoms with Crippen molar-refractivity contribution >= 4 is 40.8 Å². The maximum atomic E-state index is 12.4. The van der Waals surface area contributed by atoms with Crippen molar-refractivity contribution in [3.63, 3.8) is 0 Å². The highest BCUT2D eigenvalue weighted by atomic mass is 35.5. The van der Waals surface area contributed by atoms with Crippen molar-refractivity contribution in [1.82, 2.24) is 20.1 Å². The Kier molecular flexibility index (Phi) is 5.53. The fourth-order valence-corrected chi connectivity index (χ4v) is 4.88. The molecule has 1 amide bonds. The van der Waals surface area contributed by atoms with Crippen molar-refractivity contribution in [3.8, 4) is 5.00 Å². The van der Waals surface area contributed by atoms with E-state index in [1.165, 1.54) is 4.88 Å². The van der Waals surface area contributed by atoms with Crippen LogP contribution >= 0.6 is 22.9 Å². The van der Waals surface area contributed by atoms with Gasteiger partial charge < -0.3 is 10.1 Å². The Morgan fingerprint density at radius 2 is 1.97 bits per heavy atom. The van der Waals surface area contributed by atoms with E-state index in [-0.39, 0.29) is 18.9 Å². The topological polar surface area (TPSA) is 89.2 Å². The van der Waals surface area contributed by atoms with Crippen LogP contribution < -0.4 is 5.32 Å². The smallest absolute Gasteiger partial charge is 0.222 e. The molecule has 1 atom stereocenters. The fourth-order valence-electron chi connectivity index (χ4n) is 3.54. The summed E-state index contributed by atoms with van der Waals surface area (Å²) in [5.41, 5.74) is 3.85. The number of carbonyl (C=O) groups is 2. The molecule has 3 heterocycles. The highest BCUT2D eigenvalue weighted by Gasteiger charge is 2.32. The number of hydrogen-bond acceptors (Lipinski definition) is 6. The van der Waals surface area contributed by atoms with Crippen molar-refractivity contribution < 1.29 is 9.59 Å². The number of benzene rings is 1. The van der Waals surface area contributed by atoms with Gasteiger partial charge >= 0.3 is 0 Å². The number of rotatable bonds is 5. The summed E-state index contributed by atoms with van der Waals surface area (Å²) in [5, 5.41) is 12.8. The van der Waals surface area contributed by atoms with E-state index in [1.807, 2.05) is 35.8 Å². The molecule has 0 saturated carbocycles. The first-order chi connectivity index (χ1) is 14.4. The normalized spacial score (nSPS) is 15.1. The van der Waals surface area contributed by atoms with Gasteiger partial charge in [-0.3, -0.25) is 14.4 Å². The summed E-state index contributed by atoms with van der Waals surface area (Å²) in [5.74, 6) is 1.08. The summed E-state index contributed by atoms with van der Waals surface area (Å²) in [7, 11) is 0. The number of amides is 1. The number of nitrogens with zero attached hydrogens (tertiary/aromatic N) is 4. The monoisotopic (exact) mass is 441 g/mol. The van der Waals surface area contributed by atoms with Gasteiger partial charge in [0.25, 0.3) is 0 Å². The highest BCUT2D eigenvalue weighted by Crippen LogP contribution is 2.39. The molecule has 0 fully saturated rings. The van der Waals surface area contributed by atoms with Gasteiger partial charge in [-0.05, 0) is 38.5 Å². The number of aryl methyl sites for hydroxylation is 2. The molecule has 154 valence electrons. The highest BCUT2D eigenvalue weighted by molar-refractivity contribution is 7.15. The lowest BCUT2D eigenvalue weighted by Gasteiger charge is -2.12. The molecule has 1 N–H and O–H groups in total. The number of aromatic nitrogens is 3. The van der Waals surface area contributed by atoms with E-state index in [0.717, 1.165) is 33.2 Å². The Morgan fingerprint density at radius 1 is 1.23 bits per heavy atom. The van der Waals surface area contributed by atoms with E-state index in [2.05, 4.69) is 29.4 Å². The zero-order chi connectivity index (χ0) is 21.4. The lowest BCUT2D eigenvalue weighted by molar-refractivity contribution is -0.122. The van der Waals surface area contributed by atoms with E-state index in [0.29, 0.717) is 17.1 Å². The zero-order valence-corrected chi connectivity index (χ0v) is 18.3. The number of nitrogens with one attached hydrogen (secondary N) is 1. The molecule has 7 nitrogen and oxygen atoms in total. The van der Waals surface area contributed by atoms with Crippen LogP contribution in [0.5, 0.6) is 0 Å². The molecule has 0 radical (unpaired) electrons. The molecule has 0 spiro atoms. The van der Waals surface area contributed by atoms with Crippen LogP contribution in [0.4, 0.5) is 0 Å². The minimum Gasteiger partial charge on any atom is -0.349 e. The average molecular weight is 442 g/mol. The van der Waals surface area contributed by atoms with Crippen molar-refractivity contribution in [2.24, 2.45) is 4.99 Å². The van der Waals surface area contributed by atoms with E-state index >= 15 is 0 Å². The molecule has 2 aromatic heterocycles. The van der Waals surface area contributed by atoms with Gasteiger partial charge in [0.1, 0.15) is 23.2 Å². The van der Waals surface area contributed by atoms with Crippen molar-refractivity contribution in [1.29, 1.82) is 0 Å². The summed E-state index contributed by atoms with van der Waals surface area (Å²) in [6, 6.07) is 6.98. The SMILES string of the molecule is Cc1sc2c(c1C)C(c1ccc(Cl)cc1)=N[C@@H](CC(=O)NCC=O)c1nnc(C)n1-2. The van der Waals surface area contributed by atoms with Crippen molar-refractivity contribution in [2.45, 2.75) is 33.2 Å². The third kappa shape index (κ3) is 3.57. The Bertz CT molecular complexity index is 1160. The molecule has 0 aliphatic carbocycles. The van der Waals surface area contributed by atoms with E-state index in [9.17, 15) is 9.59 Å². The molecule has 1 aromatic carbocycles. The lowest BCUT2D eigenvalue weighted by atomic mass is 9.99. The molecule has 0 bridgehead atoms. The minimum absolute atomic E-state index is 0.0311. The third-order valence-corrected chi connectivity index (χ3v) is 6.56. The Balaban J connectivity index is 1.92. The second-order valence-corrected chi connectivity index (χ2v) is 8.72. The van der Waals surface area contributed by atoms with Crippen LogP contribution in [0.3, 0.4) is 0 Å². The van der Waals surface area contributed by atoms with Crippen LogP contribution in [0.2, 0.25) is 5.02 Å². The van der Waals surface area contributed by atoms with Crippen LogP contribution in [0, 0.1) is 20.8 Å². The number of carbonyl (C=O) groups excluding carboxylic acids is 2. The molecule has 4 rings (SSSR count). The van der Waals surface area contributed by atoms with Gasteiger partial charge in [0.2, 0.25) is 5.91 Å². The predicted octanol–water partition coefficient (Wildman–Crippen LogP) is 3.50. The zero-order valence-electron chi connectivity index (χ0n) is 16.8. The quantitative estimate of drug-likeness (QED) is 0.613. The molecule has 3 aromatic rings. The van der Waals surface area contributed by atoms with Crippen molar-refractivity contribution in [3.05, 3.63) is 62.5 Å². The first-order valence-electron chi connectivity index (χ1n) is 9.47. The van der Waals surface area contributed by atoms with Crippen LogP contribution in [-0.2, 0) is 9.59 Å². The summed E-state index contributed by atoms with van der Waals surface area (Å²) < 4.78 is 1.99. The number of hydrogen-bond donors (Lipinski definition) is 1. The Labute approximate surface area is 182 Å². The van der Waals surface area contributed by atoms with Gasteiger partial charge in [-0.1, -0.05) is 23.7 Å². The number of aliphatic imine (C=N–C) groups is 1. The summed E-state index contributed by atoms with van der Waals surface area (Å²) in [6.07, 6.45) is 0.722. The molecule has 9 heteroatoms. The fraction of sp³-hybridized carbons (Fsp3) is 0.286. The molecule has 1 aliphatic heterocycles. The van der Waals surface area contributed by atoms with E-state index in [1.54, 1.807) is 11.3 Å². The van der Waals surface area contributed by atoms with E-state index in [4.69, 9.17) is 16.6 Å². The maximum Gasteiger partial charge on any atom is 0.222 e. The molecule has 1 aliphatic rings. The first kappa shape index (κ1) is 20.4. The van der Waals surface area contributed by atoms with Gasteiger partial charge in [-0.15, -0.1) is 21.5 Å². The second kappa shape index (κ2) is 8.12. The van der Waals surface area contributed by atoms with Crippen LogP contribution in [0.15, 0.2) is 29.3 Å². The van der Waals surface area contributed by atoms with E-state index < -0.39 is 6.04 Å². The average Bonchev–Trinajstić information content (AvgIpc) is 3.19. The van der Waals surface area contributed by atoms with Gasteiger partial charge in [0.15, 0.2) is 5.82 Å². The molecular formula is C21H20ClN5O2S. The molecule has 0 saturated heterocycles. The first-order valence-corrected chi connectivity index (χ1v) is 10.7. The number of aldehydes is 1. The number of halogens is 1. The maximum absolute atomic E-state index is 12.4. The minimum atomic E-state index is -0.539. The molecule has 30 heavy (non-hydrogen) atoms. The largest absolute Gasteiger partial charge is 0.349 e.